The molecule has 2 aromatic carbocycles. The fraction of sp³-hybridized carbons (Fsp3) is 0.750. The van der Waals surface area contributed by atoms with Gasteiger partial charge in [-0.05, 0) is 75.0 Å². The SMILES string of the molecule is CC1CCC(C)CC1.CC1CCC(C)CC1.CC1CCC(C)CC1.CC1CCC(C)CC1.Cc1ccc(C)cc1.Cc1ccc(C)cc1.[HH].[HH]. The molecule has 0 amide bonds. The Morgan fingerprint density at radius 1 is 0.250 bits per heavy atom. The van der Waals surface area contributed by atoms with Crippen molar-refractivity contribution in [2.24, 2.45) is 47.3 Å². The Hall–Kier alpha value is -1.56. The van der Waals surface area contributed by atoms with Crippen molar-refractivity contribution in [3.05, 3.63) is 70.8 Å². The van der Waals surface area contributed by atoms with E-state index < -0.39 is 0 Å². The largest absolute Gasteiger partial charge is 0.0625 e. The van der Waals surface area contributed by atoms with Gasteiger partial charge in [0, 0.05) is 2.85 Å². The summed E-state index contributed by atoms with van der Waals surface area (Å²) < 4.78 is 0. The van der Waals surface area contributed by atoms with Crippen LogP contribution in [0, 0.1) is 75.0 Å². The normalized spacial score (nSPS) is 29.6. The first-order chi connectivity index (χ1) is 22.7. The van der Waals surface area contributed by atoms with Gasteiger partial charge in [-0.3, -0.25) is 0 Å². The van der Waals surface area contributed by atoms with Crippen LogP contribution in [-0.4, -0.2) is 0 Å². The summed E-state index contributed by atoms with van der Waals surface area (Å²) in [5.74, 6) is 8.16. The quantitative estimate of drug-likeness (QED) is 0.263. The molecule has 4 aliphatic carbocycles. The smallest absolute Gasteiger partial charge is 0 e. The maximum Gasteiger partial charge on any atom is 0 e. The number of benzene rings is 2. The van der Waals surface area contributed by atoms with E-state index in [1.165, 1.54) is 125 Å². The van der Waals surface area contributed by atoms with Crippen molar-refractivity contribution >= 4 is 0 Å². The lowest BCUT2D eigenvalue weighted by molar-refractivity contribution is 0.308. The molecule has 0 saturated heterocycles. The van der Waals surface area contributed by atoms with Gasteiger partial charge < -0.3 is 0 Å². The Balaban J connectivity index is 0. The molecule has 0 atom stereocenters. The zero-order valence-electron chi connectivity index (χ0n) is 34.6. The van der Waals surface area contributed by atoms with Crippen LogP contribution in [0.3, 0.4) is 0 Å². The van der Waals surface area contributed by atoms with Crippen molar-refractivity contribution in [2.45, 2.75) is 186 Å². The van der Waals surface area contributed by atoms with Gasteiger partial charge in [-0.2, -0.15) is 0 Å². The Morgan fingerprint density at radius 2 is 0.333 bits per heavy atom. The first kappa shape index (κ1) is 44.5. The van der Waals surface area contributed by atoms with E-state index in [0.717, 1.165) is 47.3 Å². The van der Waals surface area contributed by atoms with Crippen LogP contribution in [0.15, 0.2) is 48.5 Å². The summed E-state index contributed by atoms with van der Waals surface area (Å²) in [6.45, 7) is 27.3. The maximum atomic E-state index is 2.37. The molecule has 0 radical (unpaired) electrons. The summed E-state index contributed by atoms with van der Waals surface area (Å²) in [6.07, 6.45) is 23.6. The molecule has 0 N–H and O–H groups in total. The summed E-state index contributed by atoms with van der Waals surface area (Å²) in [4.78, 5) is 0. The molecule has 0 aliphatic heterocycles. The van der Waals surface area contributed by atoms with Gasteiger partial charge in [-0.25, -0.2) is 0 Å². The second kappa shape index (κ2) is 26.3. The third-order valence-corrected chi connectivity index (χ3v) is 11.7. The molecule has 48 heavy (non-hydrogen) atoms. The van der Waals surface area contributed by atoms with E-state index in [4.69, 9.17) is 0 Å². The van der Waals surface area contributed by atoms with E-state index in [9.17, 15) is 0 Å². The summed E-state index contributed by atoms with van der Waals surface area (Å²) in [6, 6.07) is 17.0. The van der Waals surface area contributed by atoms with Gasteiger partial charge >= 0.3 is 0 Å². The van der Waals surface area contributed by atoms with E-state index in [1.54, 1.807) is 0 Å². The zero-order chi connectivity index (χ0) is 35.9. The standard InChI is InChI=1S/4C8H16.2C8H10.2H2/c6*1-7-3-5-8(2)6-4-7;;/h4*7-8H,3-6H2,1-2H3;2*3-6H,1-2H3;2*1H. The highest BCUT2D eigenvalue weighted by atomic mass is 14.2. The van der Waals surface area contributed by atoms with Gasteiger partial charge in [0.05, 0.1) is 0 Å². The molecule has 4 saturated carbocycles. The Morgan fingerprint density at radius 3 is 0.417 bits per heavy atom. The van der Waals surface area contributed by atoms with Gasteiger partial charge in [0.1, 0.15) is 0 Å². The second-order valence-corrected chi connectivity index (χ2v) is 17.8. The van der Waals surface area contributed by atoms with Gasteiger partial charge in [0.15, 0.2) is 0 Å². The van der Waals surface area contributed by atoms with Crippen molar-refractivity contribution in [1.82, 2.24) is 0 Å². The maximum absolute atomic E-state index is 2.37. The van der Waals surface area contributed by atoms with Crippen molar-refractivity contribution in [1.29, 1.82) is 0 Å². The van der Waals surface area contributed by atoms with Gasteiger partial charge in [0.2, 0.25) is 0 Å². The molecule has 6 rings (SSSR count). The number of hydrogen-bond donors (Lipinski definition) is 0. The molecule has 2 aromatic rings. The van der Waals surface area contributed by atoms with Crippen molar-refractivity contribution in [3.8, 4) is 0 Å². The molecule has 0 aromatic heterocycles. The van der Waals surface area contributed by atoms with E-state index in [-0.39, 0.29) is 2.85 Å². The number of rotatable bonds is 0. The molecular weight excluding hydrogens is 577 g/mol. The summed E-state index contributed by atoms with van der Waals surface area (Å²) >= 11 is 0. The molecule has 4 fully saturated rings. The second-order valence-electron chi connectivity index (χ2n) is 17.8. The van der Waals surface area contributed by atoms with Crippen LogP contribution < -0.4 is 0 Å². The predicted molar refractivity (Wildman–Crippen MR) is 223 cm³/mol. The predicted octanol–water partition coefficient (Wildman–Crippen LogP) is 16.4. The number of hydrogen-bond acceptors (Lipinski definition) is 0. The van der Waals surface area contributed by atoms with Crippen LogP contribution in [0.5, 0.6) is 0 Å². The van der Waals surface area contributed by atoms with Gasteiger partial charge in [-0.1, -0.05) is 229 Å². The molecule has 0 heterocycles. The minimum absolute atomic E-state index is 0. The third-order valence-electron chi connectivity index (χ3n) is 11.7. The van der Waals surface area contributed by atoms with E-state index >= 15 is 0 Å². The van der Waals surface area contributed by atoms with E-state index in [1.807, 2.05) is 0 Å². The highest BCUT2D eigenvalue weighted by Crippen LogP contribution is 2.29. The topological polar surface area (TPSA) is 0 Å². The van der Waals surface area contributed by atoms with Crippen LogP contribution in [0.25, 0.3) is 0 Å². The van der Waals surface area contributed by atoms with Crippen LogP contribution in [0.4, 0.5) is 0 Å². The third kappa shape index (κ3) is 24.6. The fourth-order valence-electron chi connectivity index (χ4n) is 6.98. The van der Waals surface area contributed by atoms with Crippen molar-refractivity contribution in [2.75, 3.05) is 0 Å². The average molecular weight is 665 g/mol. The average Bonchev–Trinajstić information content (AvgIpc) is 3.07. The molecule has 0 spiro atoms. The fourth-order valence-corrected chi connectivity index (χ4v) is 6.98. The van der Waals surface area contributed by atoms with E-state index in [2.05, 4.69) is 132 Å². The summed E-state index contributed by atoms with van der Waals surface area (Å²) in [5.41, 5.74) is 5.32. The van der Waals surface area contributed by atoms with Gasteiger partial charge in [0.25, 0.3) is 0 Å². The van der Waals surface area contributed by atoms with Crippen molar-refractivity contribution in [3.63, 3.8) is 0 Å². The molecule has 0 bridgehead atoms. The molecule has 280 valence electrons. The Bertz CT molecular complexity index is 774. The van der Waals surface area contributed by atoms with Crippen LogP contribution in [-0.2, 0) is 0 Å². The zero-order valence-corrected chi connectivity index (χ0v) is 34.6. The van der Waals surface area contributed by atoms with E-state index in [0.29, 0.717) is 0 Å². The summed E-state index contributed by atoms with van der Waals surface area (Å²) in [5, 5.41) is 0. The van der Waals surface area contributed by atoms with Crippen molar-refractivity contribution < 1.29 is 2.85 Å². The number of aryl methyl sites for hydroxylation is 4. The summed E-state index contributed by atoms with van der Waals surface area (Å²) in [7, 11) is 0. The minimum atomic E-state index is 0. The molecule has 4 aliphatic rings. The molecular formula is C48H88. The van der Waals surface area contributed by atoms with Crippen LogP contribution in [0.1, 0.15) is 183 Å². The Kier molecular flexibility index (Phi) is 24.3. The monoisotopic (exact) mass is 665 g/mol. The van der Waals surface area contributed by atoms with Crippen LogP contribution in [0.2, 0.25) is 0 Å². The van der Waals surface area contributed by atoms with Gasteiger partial charge in [-0.15, -0.1) is 0 Å². The Labute approximate surface area is 306 Å². The highest BCUT2D eigenvalue weighted by molar-refractivity contribution is 5.20. The highest BCUT2D eigenvalue weighted by Gasteiger charge is 2.15. The lowest BCUT2D eigenvalue weighted by Crippen LogP contribution is -2.08. The lowest BCUT2D eigenvalue weighted by Gasteiger charge is -2.22. The molecule has 0 heteroatoms. The molecule has 0 unspecified atom stereocenters. The minimum Gasteiger partial charge on any atom is -0.0625 e. The lowest BCUT2D eigenvalue weighted by atomic mass is 9.84. The van der Waals surface area contributed by atoms with Crippen LogP contribution >= 0.6 is 0 Å². The first-order valence-corrected chi connectivity index (χ1v) is 20.8. The first-order valence-electron chi connectivity index (χ1n) is 20.8. The molecule has 0 nitrogen and oxygen atoms in total.